The Bertz CT molecular complexity index is 9430. The third-order valence-corrected chi connectivity index (χ3v) is 31.4. The van der Waals surface area contributed by atoms with E-state index < -0.39 is 17.0 Å². The number of benzene rings is 15. The molecule has 3 unspecified atom stereocenters. The van der Waals surface area contributed by atoms with Gasteiger partial charge in [-0.3, -0.25) is 0 Å². The predicted molar refractivity (Wildman–Crippen MR) is 537 cm³/mol. The molecule has 15 aromatic carbocycles. The second-order valence-electron chi connectivity index (χ2n) is 38.0. The molecule has 10 aliphatic heterocycles. The zero-order chi connectivity index (χ0) is 91.6. The maximum absolute atomic E-state index is 6.76. The van der Waals surface area contributed by atoms with Gasteiger partial charge in [0.2, 0.25) is 17.1 Å². The van der Waals surface area contributed by atoms with E-state index in [4.69, 9.17) is 18.9 Å². The minimum absolute atomic E-state index is 0.683. The van der Waals surface area contributed by atoms with E-state index in [0.717, 1.165) is 86.0 Å². The summed E-state index contributed by atoms with van der Waals surface area (Å²) in [5.41, 5.74) is 41.0. The maximum atomic E-state index is 6.76. The Hall–Kier alpha value is -18.0. The number of ether oxygens (including phenoxy) is 4. The molecule has 0 amide bonds. The van der Waals surface area contributed by atoms with E-state index in [1.54, 1.807) is 0 Å². The highest BCUT2D eigenvalue weighted by Gasteiger charge is 2.76. The molecule has 0 fully saturated rings. The fourth-order valence-electron chi connectivity index (χ4n) is 26.4. The quantitative estimate of drug-likeness (QED) is 0.155. The second kappa shape index (κ2) is 27.2. The van der Waals surface area contributed by atoms with Crippen molar-refractivity contribution in [1.29, 1.82) is 0 Å². The van der Waals surface area contributed by atoms with Crippen LogP contribution in [0.1, 0.15) is 67.5 Å². The van der Waals surface area contributed by atoms with Gasteiger partial charge in [-0.1, -0.05) is 244 Å². The number of rotatable bonds is 6. The molecule has 16 nitrogen and oxygen atoms in total. The summed E-state index contributed by atoms with van der Waals surface area (Å²) in [5.74, 6) is 6.72. The van der Waals surface area contributed by atoms with Crippen molar-refractivity contribution in [2.45, 2.75) is 58.5 Å². The average Bonchev–Trinajstić information content (AvgIpc) is 1.47. The lowest BCUT2D eigenvalue weighted by Gasteiger charge is -2.41. The first-order chi connectivity index (χ1) is 68.5. The van der Waals surface area contributed by atoms with Crippen LogP contribution >= 0.6 is 0 Å². The number of aromatic nitrogens is 11. The summed E-state index contributed by atoms with van der Waals surface area (Å²) in [6.45, 7) is 13.6. The largest absolute Gasteiger partial charge is 0.453 e. The molecule has 16 heteroatoms. The highest BCUT2D eigenvalue weighted by molar-refractivity contribution is 6.14. The fraction of sp³-hybridized carbons (Fsp3) is 0.0732. The zero-order valence-electron chi connectivity index (χ0n) is 76.6. The Labute approximate surface area is 798 Å². The lowest BCUT2D eigenvalue weighted by molar-refractivity contribution is -0.999. The van der Waals surface area contributed by atoms with Gasteiger partial charge in [-0.15, -0.1) is 14.0 Å². The molecule has 3 atom stereocenters. The van der Waals surface area contributed by atoms with Crippen LogP contribution in [0.5, 0.6) is 46.4 Å². The van der Waals surface area contributed by atoms with Gasteiger partial charge in [0.05, 0.1) is 96.8 Å². The van der Waals surface area contributed by atoms with Gasteiger partial charge in [-0.2, -0.15) is 0 Å². The third-order valence-electron chi connectivity index (χ3n) is 31.4. The van der Waals surface area contributed by atoms with Crippen LogP contribution in [-0.4, -0.2) is 23.2 Å². The molecule has 0 aliphatic carbocycles. The number of pyridine rings is 3. The molecule has 0 radical (unpaired) electrons. The minimum atomic E-state index is -0.759. The van der Waals surface area contributed by atoms with Gasteiger partial charge in [-0.25, -0.2) is 0 Å². The normalized spacial score (nSPS) is 16.4. The topological polar surface area (TPSA) is 88.1 Å². The van der Waals surface area contributed by atoms with E-state index in [9.17, 15) is 0 Å². The van der Waals surface area contributed by atoms with Crippen LogP contribution in [0.2, 0.25) is 0 Å². The smallest absolute Gasteiger partial charge is 0.449 e. The van der Waals surface area contributed by atoms with Crippen molar-refractivity contribution in [1.82, 2.24) is 23.2 Å². The summed E-state index contributed by atoms with van der Waals surface area (Å²) in [6.07, 6.45) is 6.54. The van der Waals surface area contributed by atoms with Crippen LogP contribution in [0.25, 0.3) is 139 Å². The molecule has 10 aliphatic rings. The number of nitrogens with zero attached hydrogens (tertiary/aromatic N) is 12. The van der Waals surface area contributed by atoms with Crippen LogP contribution in [-0.2, 0) is 17.0 Å². The van der Waals surface area contributed by atoms with Crippen molar-refractivity contribution < 1.29 is 46.7 Å². The van der Waals surface area contributed by atoms with Crippen molar-refractivity contribution in [3.05, 3.63) is 468 Å². The van der Waals surface area contributed by atoms with Crippen molar-refractivity contribution in [3.8, 4) is 142 Å². The molecule has 23 aromatic rings. The van der Waals surface area contributed by atoms with Gasteiger partial charge >= 0.3 is 34.6 Å². The predicted octanol–water partition coefficient (Wildman–Crippen LogP) is 24.9. The van der Waals surface area contributed by atoms with Crippen LogP contribution in [0.15, 0.2) is 401 Å². The van der Waals surface area contributed by atoms with Crippen molar-refractivity contribution in [2.24, 2.45) is 0 Å². The summed E-state index contributed by atoms with van der Waals surface area (Å²) < 4.78 is 53.8. The lowest BCUT2D eigenvalue weighted by Crippen LogP contribution is -2.77. The first kappa shape index (κ1) is 76.4. The van der Waals surface area contributed by atoms with Crippen molar-refractivity contribution in [3.63, 3.8) is 0 Å². The van der Waals surface area contributed by atoms with Gasteiger partial charge < -0.3 is 33.0 Å². The first-order valence-electron chi connectivity index (χ1n) is 47.8. The third kappa shape index (κ3) is 9.33. The fourth-order valence-corrected chi connectivity index (χ4v) is 26.4. The zero-order valence-corrected chi connectivity index (χ0v) is 76.6. The molecule has 33 rings (SSSR count). The molecular formula is C123H84N12O4+6. The van der Waals surface area contributed by atoms with E-state index in [2.05, 4.69) is 480 Å². The highest BCUT2D eigenvalue weighted by Crippen LogP contribution is 2.66. The van der Waals surface area contributed by atoms with Gasteiger partial charge in [0, 0.05) is 60.5 Å². The Morgan fingerprint density at radius 1 is 0.216 bits per heavy atom. The highest BCUT2D eigenvalue weighted by atomic mass is 16.5. The van der Waals surface area contributed by atoms with E-state index in [0.29, 0.717) is 0 Å². The molecule has 18 heterocycles. The molecule has 654 valence electrons. The molecular weight excluding hydrogens is 1710 g/mol. The average molecular weight is 1790 g/mol. The van der Waals surface area contributed by atoms with Gasteiger partial charge in [0.1, 0.15) is 22.7 Å². The van der Waals surface area contributed by atoms with Gasteiger partial charge in [0.15, 0.2) is 80.7 Å². The SMILES string of the molecule is Cc1c(-c2ccc(-c3ccccc3)cc2)c(C)[n+]2n1-c1ccc3c4ccccc4n4c3c1C21c2c(cccc2-4)Oc2cccc[n+]21.Cc1c(-c2ccc(-c3ccccc3)cc2)c(C)[n+]2n1-c1cccc3c1C21c2c(ccc4c2N3c2ccccc2O4)Oc2cccc[n+]21.Cc1c(-c2ccc(-c3ccccc3)cc2)c(C)[n+]2n1-c1cccc3c1C21c2c(ccc4c5ccccc5n-3c24)Oc2cccc[n+]21. The molecule has 0 saturated heterocycles. The van der Waals surface area contributed by atoms with Crippen LogP contribution in [0.3, 0.4) is 0 Å². The monoisotopic (exact) mass is 1790 g/mol. The summed E-state index contributed by atoms with van der Waals surface area (Å²) in [7, 11) is 0. The lowest BCUT2D eigenvalue weighted by atomic mass is 9.81. The Kier molecular flexibility index (Phi) is 14.9. The Morgan fingerprint density at radius 2 is 0.547 bits per heavy atom. The molecule has 3 spiro atoms. The Balaban J connectivity index is 0.0000000963. The van der Waals surface area contributed by atoms with Gasteiger partial charge in [-0.05, 0) is 200 Å². The number of hydrogen-bond donors (Lipinski definition) is 0. The summed E-state index contributed by atoms with van der Waals surface area (Å²) in [6, 6.07) is 137. The van der Waals surface area contributed by atoms with Crippen LogP contribution < -0.4 is 51.6 Å². The molecule has 8 aromatic heterocycles. The first-order valence-corrected chi connectivity index (χ1v) is 47.8. The van der Waals surface area contributed by atoms with Crippen molar-refractivity contribution >= 4 is 60.7 Å². The van der Waals surface area contributed by atoms with Crippen LogP contribution in [0.4, 0.5) is 17.1 Å². The number of hydrogen-bond acceptors (Lipinski definition) is 5. The molecule has 0 saturated carbocycles. The van der Waals surface area contributed by atoms with E-state index in [1.165, 1.54) is 184 Å². The van der Waals surface area contributed by atoms with Crippen LogP contribution in [0, 0.1) is 41.5 Å². The summed E-state index contributed by atoms with van der Waals surface area (Å²) >= 11 is 0. The van der Waals surface area contributed by atoms with Crippen molar-refractivity contribution in [2.75, 3.05) is 4.90 Å². The summed E-state index contributed by atoms with van der Waals surface area (Å²) in [5, 5.41) is 5.03. The number of anilines is 3. The molecule has 0 N–H and O–H groups in total. The standard InChI is InChI=1S/C41H28N4O2.2C41H28N4O/c1-25-37(29-20-18-28(19-21-29)27-11-4-3-5-12-27)26(2)45-41-38-31(14-10-15-32(38)44(25)45)43-30-13-6-7-16-33(30)46-35-23-22-34(39(41)40(35)43)47-36-17-8-9-24-42(36)41;1-25-37(29-20-18-28(19-21-29)27-11-4-3-5-12-27)26(2)45-41-38-33(15-10-16-35(38)46-36-17-8-9-24-42(36)41)43-32-14-7-6-13-30(32)31-22-23-34(44(25)45)39(41)40(31)43;1-25-37(29-20-18-28(19-21-29)27-11-4-3-5-12-27)26(2)45-41-38-33(15-10-16-34(38)44(25)45)43-32-14-7-6-13-30(32)31-22-23-35(39(41)40(31)43)46-36-17-8-9-24-42(36)41/h3-24H,1-2H3;2*3-24H,1-2H3/q3*+2. The van der Waals surface area contributed by atoms with E-state index in [-0.39, 0.29) is 0 Å². The Morgan fingerprint density at radius 3 is 1.04 bits per heavy atom. The molecule has 139 heavy (non-hydrogen) atoms. The number of para-hydroxylation sites is 4. The van der Waals surface area contributed by atoms with Gasteiger partial charge in [0.25, 0.3) is 0 Å². The second-order valence-corrected chi connectivity index (χ2v) is 38.0. The molecule has 0 bridgehead atoms. The minimum Gasteiger partial charge on any atom is -0.453 e. The number of fused-ring (bicyclic) bond motifs is 20. The van der Waals surface area contributed by atoms with E-state index in [1.807, 2.05) is 18.2 Å². The van der Waals surface area contributed by atoms with E-state index >= 15 is 0 Å². The summed E-state index contributed by atoms with van der Waals surface area (Å²) in [4.78, 5) is 2.38. The maximum Gasteiger partial charge on any atom is 0.449 e.